The molecule has 0 unspecified atom stereocenters. The summed E-state index contributed by atoms with van der Waals surface area (Å²) in [6.07, 6.45) is 0.140. The van der Waals surface area contributed by atoms with Crippen molar-refractivity contribution in [3.05, 3.63) is 47.5 Å². The monoisotopic (exact) mass is 372 g/mol. The number of ether oxygens (including phenoxy) is 3. The van der Waals surface area contributed by atoms with Gasteiger partial charge in [0.25, 0.3) is 5.91 Å². The summed E-state index contributed by atoms with van der Waals surface area (Å²) in [5, 5.41) is 2.80. The third kappa shape index (κ3) is 4.91. The standard InChI is InChI=1S/C20H24N2O5/c1-22(2)20(24)15-11-17(26-4)18(27-5)12-16(15)21-19(23)10-13-7-6-8-14(9-13)25-3/h6-9,11-12H,10H2,1-5H3,(H,21,23). The molecule has 27 heavy (non-hydrogen) atoms. The summed E-state index contributed by atoms with van der Waals surface area (Å²) in [5.74, 6) is 0.990. The van der Waals surface area contributed by atoms with Crippen LogP contribution in [0.4, 0.5) is 5.69 Å². The minimum absolute atomic E-state index is 0.140. The van der Waals surface area contributed by atoms with Gasteiger partial charge < -0.3 is 24.4 Å². The molecule has 2 aromatic carbocycles. The van der Waals surface area contributed by atoms with E-state index in [9.17, 15) is 9.59 Å². The van der Waals surface area contributed by atoms with Gasteiger partial charge in [-0.2, -0.15) is 0 Å². The molecule has 2 amide bonds. The first-order valence-corrected chi connectivity index (χ1v) is 8.30. The van der Waals surface area contributed by atoms with Crippen molar-refractivity contribution < 1.29 is 23.8 Å². The Morgan fingerprint density at radius 3 is 2.22 bits per heavy atom. The summed E-state index contributed by atoms with van der Waals surface area (Å²) in [5.41, 5.74) is 1.48. The van der Waals surface area contributed by atoms with Gasteiger partial charge in [-0.3, -0.25) is 9.59 Å². The van der Waals surface area contributed by atoms with E-state index < -0.39 is 0 Å². The van der Waals surface area contributed by atoms with Gasteiger partial charge in [-0.15, -0.1) is 0 Å². The molecule has 0 heterocycles. The van der Waals surface area contributed by atoms with E-state index in [4.69, 9.17) is 14.2 Å². The van der Waals surface area contributed by atoms with Crippen molar-refractivity contribution in [2.75, 3.05) is 40.7 Å². The predicted molar refractivity (Wildman–Crippen MR) is 103 cm³/mol. The molecule has 0 saturated heterocycles. The number of methoxy groups -OCH3 is 3. The van der Waals surface area contributed by atoms with E-state index in [0.29, 0.717) is 28.5 Å². The van der Waals surface area contributed by atoms with Gasteiger partial charge in [-0.25, -0.2) is 0 Å². The molecule has 0 saturated carbocycles. The topological polar surface area (TPSA) is 77.1 Å². The maximum Gasteiger partial charge on any atom is 0.255 e. The van der Waals surface area contributed by atoms with Gasteiger partial charge in [0.15, 0.2) is 11.5 Å². The molecular weight excluding hydrogens is 348 g/mol. The van der Waals surface area contributed by atoms with E-state index in [-0.39, 0.29) is 18.2 Å². The van der Waals surface area contributed by atoms with E-state index >= 15 is 0 Å². The molecule has 0 atom stereocenters. The lowest BCUT2D eigenvalue weighted by Crippen LogP contribution is -2.24. The first-order chi connectivity index (χ1) is 12.9. The molecule has 0 spiro atoms. The zero-order valence-electron chi connectivity index (χ0n) is 16.2. The van der Waals surface area contributed by atoms with E-state index in [1.165, 1.54) is 19.1 Å². The first-order valence-electron chi connectivity index (χ1n) is 8.30. The van der Waals surface area contributed by atoms with Crippen LogP contribution < -0.4 is 19.5 Å². The molecule has 0 radical (unpaired) electrons. The maximum atomic E-state index is 12.5. The second-order valence-electron chi connectivity index (χ2n) is 6.03. The van der Waals surface area contributed by atoms with Gasteiger partial charge in [-0.05, 0) is 23.8 Å². The zero-order valence-corrected chi connectivity index (χ0v) is 16.2. The lowest BCUT2D eigenvalue weighted by atomic mass is 10.1. The van der Waals surface area contributed by atoms with Crippen LogP contribution in [-0.2, 0) is 11.2 Å². The second-order valence-corrected chi connectivity index (χ2v) is 6.03. The van der Waals surface area contributed by atoms with E-state index in [0.717, 1.165) is 5.56 Å². The second kappa shape index (κ2) is 8.93. The summed E-state index contributed by atoms with van der Waals surface area (Å²) in [6, 6.07) is 10.4. The average molecular weight is 372 g/mol. The van der Waals surface area contributed by atoms with Crippen LogP contribution in [0.25, 0.3) is 0 Å². The van der Waals surface area contributed by atoms with Crippen molar-refractivity contribution in [3.8, 4) is 17.2 Å². The number of rotatable bonds is 7. The highest BCUT2D eigenvalue weighted by Gasteiger charge is 2.20. The molecule has 2 aromatic rings. The fourth-order valence-electron chi connectivity index (χ4n) is 2.56. The van der Waals surface area contributed by atoms with E-state index in [1.807, 2.05) is 18.2 Å². The number of hydrogen-bond acceptors (Lipinski definition) is 5. The Morgan fingerprint density at radius 1 is 0.963 bits per heavy atom. The van der Waals surface area contributed by atoms with Crippen molar-refractivity contribution in [2.45, 2.75) is 6.42 Å². The number of hydrogen-bond donors (Lipinski definition) is 1. The van der Waals surface area contributed by atoms with Crippen molar-refractivity contribution in [1.29, 1.82) is 0 Å². The van der Waals surface area contributed by atoms with Gasteiger partial charge in [0.2, 0.25) is 5.91 Å². The van der Waals surface area contributed by atoms with Gasteiger partial charge >= 0.3 is 0 Å². The van der Waals surface area contributed by atoms with E-state index in [2.05, 4.69) is 5.32 Å². The molecule has 2 rings (SSSR count). The number of anilines is 1. The molecule has 0 aliphatic heterocycles. The Hall–Kier alpha value is -3.22. The molecule has 0 aromatic heterocycles. The number of nitrogens with one attached hydrogen (secondary N) is 1. The smallest absolute Gasteiger partial charge is 0.255 e. The van der Waals surface area contributed by atoms with Gasteiger partial charge in [0, 0.05) is 20.2 Å². The quantitative estimate of drug-likeness (QED) is 0.808. The molecule has 1 N–H and O–H groups in total. The maximum absolute atomic E-state index is 12.5. The average Bonchev–Trinajstić information content (AvgIpc) is 2.66. The zero-order chi connectivity index (χ0) is 20.0. The fourth-order valence-corrected chi connectivity index (χ4v) is 2.56. The van der Waals surface area contributed by atoms with Gasteiger partial charge in [0.05, 0.1) is 39.0 Å². The third-order valence-electron chi connectivity index (χ3n) is 3.93. The number of carbonyl (C=O) groups is 2. The lowest BCUT2D eigenvalue weighted by Gasteiger charge is -2.18. The molecule has 0 aliphatic carbocycles. The molecule has 0 aliphatic rings. The number of amides is 2. The minimum Gasteiger partial charge on any atom is -0.497 e. The van der Waals surface area contributed by atoms with Crippen LogP contribution in [0.2, 0.25) is 0 Å². The molecule has 7 heteroatoms. The normalized spacial score (nSPS) is 10.1. The van der Waals surface area contributed by atoms with Crippen LogP contribution >= 0.6 is 0 Å². The Kier molecular flexibility index (Phi) is 6.65. The Balaban J connectivity index is 2.32. The third-order valence-corrected chi connectivity index (χ3v) is 3.93. The van der Waals surface area contributed by atoms with Crippen molar-refractivity contribution in [3.63, 3.8) is 0 Å². The highest BCUT2D eigenvalue weighted by molar-refractivity contribution is 6.04. The minimum atomic E-state index is -0.261. The van der Waals surface area contributed by atoms with Crippen LogP contribution in [0.1, 0.15) is 15.9 Å². The Bertz CT molecular complexity index is 833. The Labute approximate surface area is 158 Å². The number of nitrogens with zero attached hydrogens (tertiary/aromatic N) is 1. The highest BCUT2D eigenvalue weighted by Crippen LogP contribution is 2.34. The molecule has 0 fully saturated rings. The molecule has 0 bridgehead atoms. The van der Waals surface area contributed by atoms with Crippen molar-refractivity contribution >= 4 is 17.5 Å². The van der Waals surface area contributed by atoms with Crippen LogP contribution in [-0.4, -0.2) is 52.1 Å². The summed E-state index contributed by atoms with van der Waals surface area (Å²) >= 11 is 0. The SMILES string of the molecule is COc1cccc(CC(=O)Nc2cc(OC)c(OC)cc2C(=O)N(C)C)c1. The van der Waals surface area contributed by atoms with Crippen molar-refractivity contribution in [2.24, 2.45) is 0 Å². The number of benzene rings is 2. The molecule has 7 nitrogen and oxygen atoms in total. The fraction of sp³-hybridized carbons (Fsp3) is 0.300. The summed E-state index contributed by atoms with van der Waals surface area (Å²) in [6.45, 7) is 0. The largest absolute Gasteiger partial charge is 0.497 e. The summed E-state index contributed by atoms with van der Waals surface area (Å²) in [7, 11) is 7.83. The van der Waals surface area contributed by atoms with Crippen LogP contribution in [0.5, 0.6) is 17.2 Å². The number of carbonyl (C=O) groups excluding carboxylic acids is 2. The summed E-state index contributed by atoms with van der Waals surface area (Å²) < 4.78 is 15.7. The molecule has 144 valence electrons. The van der Waals surface area contributed by atoms with E-state index in [1.54, 1.807) is 39.4 Å². The summed E-state index contributed by atoms with van der Waals surface area (Å²) in [4.78, 5) is 26.5. The van der Waals surface area contributed by atoms with Crippen molar-refractivity contribution in [1.82, 2.24) is 4.90 Å². The van der Waals surface area contributed by atoms with Crippen LogP contribution in [0.3, 0.4) is 0 Å². The predicted octanol–water partition coefficient (Wildman–Crippen LogP) is 2.60. The van der Waals surface area contributed by atoms with Crippen LogP contribution in [0, 0.1) is 0 Å². The highest BCUT2D eigenvalue weighted by atomic mass is 16.5. The lowest BCUT2D eigenvalue weighted by molar-refractivity contribution is -0.115. The Morgan fingerprint density at radius 2 is 1.63 bits per heavy atom. The van der Waals surface area contributed by atoms with Crippen LogP contribution in [0.15, 0.2) is 36.4 Å². The van der Waals surface area contributed by atoms with Gasteiger partial charge in [0.1, 0.15) is 5.75 Å². The molecular formula is C20H24N2O5. The van der Waals surface area contributed by atoms with Gasteiger partial charge in [-0.1, -0.05) is 12.1 Å². The first kappa shape index (κ1) is 20.1.